The Hall–Kier alpha value is -3.72. The van der Waals surface area contributed by atoms with Gasteiger partial charge in [-0.2, -0.15) is 0 Å². The fourth-order valence-electron chi connectivity index (χ4n) is 4.67. The number of rotatable bonds is 8. The average molecular weight is 538 g/mol. The van der Waals surface area contributed by atoms with Crippen LogP contribution in [0.4, 0.5) is 5.69 Å². The van der Waals surface area contributed by atoms with Crippen molar-refractivity contribution >= 4 is 35.0 Å². The SMILES string of the molecule is COc1cc(C(=O)Nc2ccccc2-c2cc3cc(CN4CCNCC4)ccc3o2)cc(OC)c1OC.Cl. The molecule has 0 radical (unpaired) electrons. The van der Waals surface area contributed by atoms with Crippen LogP contribution in [0.15, 0.2) is 65.1 Å². The Balaban J connectivity index is 0.00000336. The van der Waals surface area contributed by atoms with Crippen LogP contribution in [0.5, 0.6) is 17.2 Å². The zero-order valence-electron chi connectivity index (χ0n) is 21.7. The molecule has 0 bridgehead atoms. The predicted molar refractivity (Wildman–Crippen MR) is 151 cm³/mol. The van der Waals surface area contributed by atoms with Gasteiger partial charge in [0.05, 0.1) is 27.0 Å². The molecule has 4 aromatic rings. The summed E-state index contributed by atoms with van der Waals surface area (Å²) in [7, 11) is 4.56. The third-order valence-electron chi connectivity index (χ3n) is 6.56. The number of hydrogen-bond donors (Lipinski definition) is 2. The molecule has 3 aromatic carbocycles. The number of para-hydroxylation sites is 1. The van der Waals surface area contributed by atoms with E-state index in [1.165, 1.54) is 26.9 Å². The number of anilines is 1. The highest BCUT2D eigenvalue weighted by Crippen LogP contribution is 2.39. The highest BCUT2D eigenvalue weighted by molar-refractivity contribution is 6.07. The van der Waals surface area contributed by atoms with Crippen LogP contribution in [0.25, 0.3) is 22.3 Å². The van der Waals surface area contributed by atoms with Crippen LogP contribution >= 0.6 is 12.4 Å². The molecule has 38 heavy (non-hydrogen) atoms. The second-order valence-electron chi connectivity index (χ2n) is 8.92. The van der Waals surface area contributed by atoms with Crippen molar-refractivity contribution in [1.29, 1.82) is 0 Å². The van der Waals surface area contributed by atoms with Gasteiger partial charge in [-0.05, 0) is 48.0 Å². The second-order valence-corrected chi connectivity index (χ2v) is 8.92. The van der Waals surface area contributed by atoms with Gasteiger partial charge in [0, 0.05) is 49.2 Å². The molecule has 1 aromatic heterocycles. The first-order chi connectivity index (χ1) is 18.1. The topological polar surface area (TPSA) is 85.2 Å². The Morgan fingerprint density at radius 2 is 1.66 bits per heavy atom. The van der Waals surface area contributed by atoms with Gasteiger partial charge < -0.3 is 29.3 Å². The molecule has 1 fully saturated rings. The number of amides is 1. The van der Waals surface area contributed by atoms with Crippen LogP contribution in [0.3, 0.4) is 0 Å². The van der Waals surface area contributed by atoms with E-state index < -0.39 is 0 Å². The number of furan rings is 1. The van der Waals surface area contributed by atoms with Crippen LogP contribution in [0, 0.1) is 0 Å². The Bertz CT molecular complexity index is 1390. The minimum absolute atomic E-state index is 0. The van der Waals surface area contributed by atoms with E-state index in [2.05, 4.69) is 27.7 Å². The summed E-state index contributed by atoms with van der Waals surface area (Å²) in [5, 5.41) is 7.44. The first-order valence-corrected chi connectivity index (χ1v) is 12.3. The molecule has 2 heterocycles. The fourth-order valence-corrected chi connectivity index (χ4v) is 4.67. The lowest BCUT2D eigenvalue weighted by Gasteiger charge is -2.27. The molecule has 0 atom stereocenters. The maximum atomic E-state index is 13.2. The van der Waals surface area contributed by atoms with Gasteiger partial charge in [-0.25, -0.2) is 0 Å². The summed E-state index contributed by atoms with van der Waals surface area (Å²) in [6, 6.07) is 19.2. The maximum Gasteiger partial charge on any atom is 0.255 e. The van der Waals surface area contributed by atoms with E-state index in [1.54, 1.807) is 12.1 Å². The number of benzene rings is 3. The lowest BCUT2D eigenvalue weighted by molar-refractivity contribution is 0.102. The van der Waals surface area contributed by atoms with Gasteiger partial charge in [0.25, 0.3) is 5.91 Å². The summed E-state index contributed by atoms with van der Waals surface area (Å²) in [6.07, 6.45) is 0. The van der Waals surface area contributed by atoms with E-state index in [4.69, 9.17) is 18.6 Å². The van der Waals surface area contributed by atoms with Crippen LogP contribution < -0.4 is 24.8 Å². The van der Waals surface area contributed by atoms with Crippen LogP contribution in [0.2, 0.25) is 0 Å². The van der Waals surface area contributed by atoms with E-state index in [1.807, 2.05) is 36.4 Å². The summed E-state index contributed by atoms with van der Waals surface area (Å²) < 4.78 is 22.4. The van der Waals surface area contributed by atoms with Crippen molar-refractivity contribution in [2.24, 2.45) is 0 Å². The molecule has 1 aliphatic heterocycles. The number of hydrogen-bond acceptors (Lipinski definition) is 7. The van der Waals surface area contributed by atoms with Gasteiger partial charge in [-0.3, -0.25) is 9.69 Å². The molecular formula is C29H32ClN3O5. The highest BCUT2D eigenvalue weighted by Gasteiger charge is 2.19. The third kappa shape index (κ3) is 5.72. The standard InChI is InChI=1S/C29H31N3O5.ClH/c1-34-26-16-21(17-27(35-2)28(26)36-3)29(33)31-23-7-5-4-6-22(23)25-15-20-14-19(8-9-24(20)37-25)18-32-12-10-30-11-13-32;/h4-9,14-17,30H,10-13,18H2,1-3H3,(H,31,33);1H. The van der Waals surface area contributed by atoms with E-state index in [9.17, 15) is 4.79 Å². The zero-order chi connectivity index (χ0) is 25.8. The summed E-state index contributed by atoms with van der Waals surface area (Å²) in [5.41, 5.74) is 3.88. The van der Waals surface area contributed by atoms with Crippen molar-refractivity contribution in [2.45, 2.75) is 6.54 Å². The number of ether oxygens (including phenoxy) is 3. The Kier molecular flexibility index (Phi) is 8.78. The quantitative estimate of drug-likeness (QED) is 0.319. The summed E-state index contributed by atoms with van der Waals surface area (Å²) in [4.78, 5) is 15.7. The molecule has 1 saturated heterocycles. The summed E-state index contributed by atoms with van der Waals surface area (Å²) in [5.74, 6) is 1.64. The van der Waals surface area contributed by atoms with Crippen LogP contribution in [-0.4, -0.2) is 58.3 Å². The smallest absolute Gasteiger partial charge is 0.255 e. The predicted octanol–water partition coefficient (Wildman–Crippen LogP) is 5.20. The number of fused-ring (bicyclic) bond motifs is 1. The van der Waals surface area contributed by atoms with Crippen LogP contribution in [-0.2, 0) is 6.54 Å². The lowest BCUT2D eigenvalue weighted by atomic mass is 10.1. The molecule has 1 amide bonds. The number of carbonyl (C=O) groups excluding carboxylic acids is 1. The largest absolute Gasteiger partial charge is 0.493 e. The number of nitrogens with one attached hydrogen (secondary N) is 2. The van der Waals surface area contributed by atoms with Crippen molar-refractivity contribution in [1.82, 2.24) is 10.2 Å². The number of methoxy groups -OCH3 is 3. The highest BCUT2D eigenvalue weighted by atomic mass is 35.5. The molecule has 0 unspecified atom stereocenters. The molecular weight excluding hydrogens is 506 g/mol. The van der Waals surface area contributed by atoms with Gasteiger partial charge in [-0.15, -0.1) is 12.4 Å². The van der Waals surface area contributed by atoms with Gasteiger partial charge in [0.2, 0.25) is 5.75 Å². The summed E-state index contributed by atoms with van der Waals surface area (Å²) >= 11 is 0. The third-order valence-corrected chi connectivity index (χ3v) is 6.56. The van der Waals surface area contributed by atoms with Crippen LogP contribution in [0.1, 0.15) is 15.9 Å². The first-order valence-electron chi connectivity index (χ1n) is 12.3. The van der Waals surface area contributed by atoms with Gasteiger partial charge >= 0.3 is 0 Å². The number of nitrogens with zero attached hydrogens (tertiary/aromatic N) is 1. The van der Waals surface area contributed by atoms with E-state index in [0.29, 0.717) is 34.3 Å². The van der Waals surface area contributed by atoms with Gasteiger partial charge in [0.15, 0.2) is 11.5 Å². The number of halogens is 1. The van der Waals surface area contributed by atoms with Crippen molar-refractivity contribution in [2.75, 3.05) is 52.8 Å². The molecule has 1 aliphatic rings. The summed E-state index contributed by atoms with van der Waals surface area (Å²) in [6.45, 7) is 5.06. The minimum Gasteiger partial charge on any atom is -0.493 e. The molecule has 8 nitrogen and oxygen atoms in total. The monoisotopic (exact) mass is 537 g/mol. The first kappa shape index (κ1) is 27.3. The fraction of sp³-hybridized carbons (Fsp3) is 0.276. The number of piperazine rings is 1. The van der Waals surface area contributed by atoms with Gasteiger partial charge in [0.1, 0.15) is 11.3 Å². The molecule has 0 spiro atoms. The van der Waals surface area contributed by atoms with Crippen molar-refractivity contribution in [3.8, 4) is 28.6 Å². The maximum absolute atomic E-state index is 13.2. The van der Waals surface area contributed by atoms with Crippen molar-refractivity contribution < 1.29 is 23.4 Å². The molecule has 2 N–H and O–H groups in total. The van der Waals surface area contributed by atoms with E-state index in [-0.39, 0.29) is 18.3 Å². The van der Waals surface area contributed by atoms with Gasteiger partial charge in [-0.1, -0.05) is 18.2 Å². The zero-order valence-corrected chi connectivity index (χ0v) is 22.5. The lowest BCUT2D eigenvalue weighted by Crippen LogP contribution is -2.42. The Morgan fingerprint density at radius 1 is 0.947 bits per heavy atom. The average Bonchev–Trinajstić information content (AvgIpc) is 3.36. The van der Waals surface area contributed by atoms with Crippen molar-refractivity contribution in [3.63, 3.8) is 0 Å². The molecule has 5 rings (SSSR count). The Labute approximate surface area is 228 Å². The van der Waals surface area contributed by atoms with E-state index >= 15 is 0 Å². The van der Waals surface area contributed by atoms with Crippen molar-refractivity contribution in [3.05, 3.63) is 71.8 Å². The molecule has 200 valence electrons. The second kappa shape index (κ2) is 12.2. The van der Waals surface area contributed by atoms with E-state index in [0.717, 1.165) is 49.3 Å². The molecule has 0 aliphatic carbocycles. The normalized spacial score (nSPS) is 13.6. The Morgan fingerprint density at radius 3 is 2.34 bits per heavy atom. The number of carbonyl (C=O) groups is 1. The molecule has 0 saturated carbocycles. The minimum atomic E-state index is -0.305. The molecule has 9 heteroatoms.